The van der Waals surface area contributed by atoms with E-state index in [0.717, 1.165) is 16.3 Å². The van der Waals surface area contributed by atoms with E-state index in [-0.39, 0.29) is 47.0 Å². The monoisotopic (exact) mass is 501 g/mol. The van der Waals surface area contributed by atoms with Gasteiger partial charge < -0.3 is 14.7 Å². The van der Waals surface area contributed by atoms with Crippen LogP contribution in [0.2, 0.25) is 5.02 Å². The summed E-state index contributed by atoms with van der Waals surface area (Å²) in [6.07, 6.45) is 1.55. The second kappa shape index (κ2) is 9.27. The van der Waals surface area contributed by atoms with Crippen molar-refractivity contribution in [3.8, 4) is 11.6 Å². The molecule has 0 spiro atoms. The summed E-state index contributed by atoms with van der Waals surface area (Å²) in [6.45, 7) is 9.37. The van der Waals surface area contributed by atoms with Crippen LogP contribution in [0, 0.1) is 12.7 Å². The first-order valence-corrected chi connectivity index (χ1v) is 11.3. The number of pyridine rings is 1. The third-order valence-electron chi connectivity index (χ3n) is 6.16. The van der Waals surface area contributed by atoms with Gasteiger partial charge in [0.1, 0.15) is 23.1 Å². The molecule has 3 heterocycles. The van der Waals surface area contributed by atoms with Gasteiger partial charge in [-0.15, -0.1) is 5.10 Å². The van der Waals surface area contributed by atoms with Crippen LogP contribution in [0.4, 0.5) is 10.1 Å². The molecule has 2 aromatic heterocycles. The fraction of sp³-hybridized carbons (Fsp3) is 0.333. The fourth-order valence-corrected chi connectivity index (χ4v) is 4.76. The Bertz CT molecular complexity index is 1410. The minimum Gasteiger partial charge on any atom is -0.480 e. The summed E-state index contributed by atoms with van der Waals surface area (Å²) in [5.74, 6) is -1.35. The molecule has 35 heavy (non-hydrogen) atoms. The molecule has 1 aliphatic rings. The number of ether oxygens (including phenoxy) is 1. The minimum absolute atomic E-state index is 0.108. The summed E-state index contributed by atoms with van der Waals surface area (Å²) in [7, 11) is 1.43. The first-order chi connectivity index (χ1) is 16.6. The number of methoxy groups -OCH3 is 1. The summed E-state index contributed by atoms with van der Waals surface area (Å²) in [5.41, 5.74) is 1.77. The van der Waals surface area contributed by atoms with Gasteiger partial charge in [-0.05, 0) is 44.0 Å². The second-order valence-corrected chi connectivity index (χ2v) is 8.71. The van der Waals surface area contributed by atoms with Gasteiger partial charge in [-0.2, -0.15) is 4.68 Å². The lowest BCUT2D eigenvalue weighted by molar-refractivity contribution is 0.0977. The molecular formula is C24H25ClFN5O4. The van der Waals surface area contributed by atoms with Gasteiger partial charge in [0, 0.05) is 30.8 Å². The second-order valence-electron chi connectivity index (χ2n) is 8.33. The maximum atomic E-state index is 15.4. The van der Waals surface area contributed by atoms with Crippen molar-refractivity contribution in [2.45, 2.75) is 39.8 Å². The van der Waals surface area contributed by atoms with E-state index in [9.17, 15) is 14.7 Å². The van der Waals surface area contributed by atoms with E-state index in [0.29, 0.717) is 16.8 Å². The zero-order chi connectivity index (χ0) is 25.6. The number of rotatable bonds is 6. The van der Waals surface area contributed by atoms with Crippen molar-refractivity contribution in [1.29, 1.82) is 0 Å². The topological polar surface area (TPSA) is 102 Å². The fourth-order valence-electron chi connectivity index (χ4n) is 4.39. The number of carbonyl (C=O) groups excluding carboxylic acids is 1. The summed E-state index contributed by atoms with van der Waals surface area (Å²) >= 11 is 6.52. The Morgan fingerprint density at radius 1 is 1.37 bits per heavy atom. The zero-order valence-electron chi connectivity index (χ0n) is 19.8. The number of aliphatic hydroxyl groups excluding tert-OH is 1. The van der Waals surface area contributed by atoms with Crippen molar-refractivity contribution in [1.82, 2.24) is 19.3 Å². The molecular weight excluding hydrogens is 477 g/mol. The number of fused-ring (bicyclic) bond motifs is 1. The molecule has 0 aliphatic carbocycles. The lowest BCUT2D eigenvalue weighted by atomic mass is 9.84. The largest absolute Gasteiger partial charge is 0.480 e. The SMILES string of the molecule is C=C(C)C1CN(c2c(C)cnc(OC)c2Cl)C(=O)c2cc(F)c(-n3nc(CO)n(CC)c3=O)cc21. The molecule has 0 radical (unpaired) electrons. The molecule has 0 saturated heterocycles. The van der Waals surface area contributed by atoms with Crippen LogP contribution in [0.25, 0.3) is 5.69 Å². The highest BCUT2D eigenvalue weighted by Crippen LogP contribution is 2.42. The van der Waals surface area contributed by atoms with Gasteiger partial charge in [-0.3, -0.25) is 9.36 Å². The lowest BCUT2D eigenvalue weighted by Gasteiger charge is -2.36. The van der Waals surface area contributed by atoms with Crippen LogP contribution in [0.1, 0.15) is 47.1 Å². The number of nitrogens with zero attached hydrogens (tertiary/aromatic N) is 5. The van der Waals surface area contributed by atoms with Crippen molar-refractivity contribution in [3.05, 3.63) is 74.3 Å². The Labute approximate surface area is 206 Å². The van der Waals surface area contributed by atoms with Crippen LogP contribution in [0.5, 0.6) is 5.88 Å². The van der Waals surface area contributed by atoms with Crippen LogP contribution < -0.4 is 15.3 Å². The first kappa shape index (κ1) is 24.6. The standard InChI is InChI=1S/C24H25ClFN5O4/c1-6-29-19(11-32)28-31(24(29)34)18-8-14-15(7-17(18)26)23(33)30(10-16(14)12(2)3)21-13(4)9-27-22(35-5)20(21)25/h7-9,16,32H,2,6,10-11H2,1,3-5H3. The highest BCUT2D eigenvalue weighted by atomic mass is 35.5. The number of aryl methyl sites for hydroxylation is 1. The van der Waals surface area contributed by atoms with Crippen LogP contribution in [0.3, 0.4) is 0 Å². The number of aromatic nitrogens is 4. The van der Waals surface area contributed by atoms with Crippen LogP contribution >= 0.6 is 11.6 Å². The van der Waals surface area contributed by atoms with Crippen molar-refractivity contribution < 1.29 is 19.0 Å². The van der Waals surface area contributed by atoms with Crippen LogP contribution in [0.15, 0.2) is 35.3 Å². The Balaban J connectivity index is 1.91. The highest BCUT2D eigenvalue weighted by molar-refractivity contribution is 6.35. The van der Waals surface area contributed by atoms with Crippen molar-refractivity contribution >= 4 is 23.2 Å². The number of aliphatic hydroxyl groups is 1. The molecule has 1 amide bonds. The van der Waals surface area contributed by atoms with Gasteiger partial charge in [-0.25, -0.2) is 14.2 Å². The number of amides is 1. The molecule has 9 nitrogen and oxygen atoms in total. The Hall–Kier alpha value is -3.50. The predicted octanol–water partition coefficient (Wildman–Crippen LogP) is 3.37. The smallest absolute Gasteiger partial charge is 0.350 e. The average Bonchev–Trinajstić information content (AvgIpc) is 3.15. The highest BCUT2D eigenvalue weighted by Gasteiger charge is 2.36. The van der Waals surface area contributed by atoms with E-state index in [1.807, 2.05) is 6.92 Å². The van der Waals surface area contributed by atoms with E-state index in [1.54, 1.807) is 20.0 Å². The Morgan fingerprint density at radius 2 is 2.09 bits per heavy atom. The number of carbonyl (C=O) groups is 1. The lowest BCUT2D eigenvalue weighted by Crippen LogP contribution is -2.41. The number of hydrogen-bond acceptors (Lipinski definition) is 6. The van der Waals surface area contributed by atoms with E-state index in [4.69, 9.17) is 16.3 Å². The molecule has 0 saturated carbocycles. The normalized spacial score (nSPS) is 15.3. The third kappa shape index (κ3) is 3.92. The van der Waals surface area contributed by atoms with E-state index in [1.165, 1.54) is 22.6 Å². The quantitative estimate of drug-likeness (QED) is 0.519. The van der Waals surface area contributed by atoms with Gasteiger partial charge in [0.25, 0.3) is 5.91 Å². The van der Waals surface area contributed by atoms with Crippen LogP contribution in [-0.2, 0) is 13.2 Å². The molecule has 1 atom stereocenters. The van der Waals surface area contributed by atoms with Crippen molar-refractivity contribution in [2.24, 2.45) is 0 Å². The van der Waals surface area contributed by atoms with Gasteiger partial charge in [0.05, 0.1) is 12.8 Å². The number of anilines is 1. The molecule has 1 unspecified atom stereocenters. The van der Waals surface area contributed by atoms with E-state index in [2.05, 4.69) is 16.7 Å². The Kier molecular flexibility index (Phi) is 6.52. The first-order valence-electron chi connectivity index (χ1n) is 10.9. The third-order valence-corrected chi connectivity index (χ3v) is 6.50. The average molecular weight is 502 g/mol. The molecule has 1 aromatic carbocycles. The molecule has 1 N–H and O–H groups in total. The predicted molar refractivity (Wildman–Crippen MR) is 129 cm³/mol. The maximum absolute atomic E-state index is 15.4. The molecule has 0 bridgehead atoms. The number of benzene rings is 1. The van der Waals surface area contributed by atoms with Crippen LogP contribution in [-0.4, -0.2) is 44.0 Å². The minimum atomic E-state index is -0.804. The molecule has 0 fully saturated rings. The molecule has 3 aromatic rings. The van der Waals surface area contributed by atoms with Gasteiger partial charge in [0.15, 0.2) is 5.82 Å². The summed E-state index contributed by atoms with van der Waals surface area (Å²) < 4.78 is 22.8. The number of hydrogen-bond donors (Lipinski definition) is 1. The molecule has 1 aliphatic heterocycles. The van der Waals surface area contributed by atoms with E-state index >= 15 is 4.39 Å². The molecule has 11 heteroatoms. The maximum Gasteiger partial charge on any atom is 0.350 e. The summed E-state index contributed by atoms with van der Waals surface area (Å²) in [4.78, 5) is 32.0. The molecule has 4 rings (SSSR count). The van der Waals surface area contributed by atoms with Gasteiger partial charge >= 0.3 is 5.69 Å². The zero-order valence-corrected chi connectivity index (χ0v) is 20.6. The molecule has 184 valence electrons. The van der Waals surface area contributed by atoms with E-state index < -0.39 is 24.0 Å². The van der Waals surface area contributed by atoms with Crippen molar-refractivity contribution in [2.75, 3.05) is 18.6 Å². The Morgan fingerprint density at radius 3 is 2.66 bits per heavy atom. The van der Waals surface area contributed by atoms with Gasteiger partial charge in [0.2, 0.25) is 5.88 Å². The summed E-state index contributed by atoms with van der Waals surface area (Å²) in [6, 6.07) is 2.56. The summed E-state index contributed by atoms with van der Waals surface area (Å²) in [5, 5.41) is 13.8. The number of halogens is 2. The van der Waals surface area contributed by atoms with Crippen molar-refractivity contribution in [3.63, 3.8) is 0 Å². The van der Waals surface area contributed by atoms with Gasteiger partial charge in [-0.1, -0.05) is 23.8 Å².